The second kappa shape index (κ2) is 5.68. The molecule has 1 fully saturated rings. The summed E-state index contributed by atoms with van der Waals surface area (Å²) in [5.41, 5.74) is 4.30. The summed E-state index contributed by atoms with van der Waals surface area (Å²) in [6, 6.07) is 10.1. The Bertz CT molecular complexity index is 652. The molecule has 1 aromatic carbocycles. The second-order valence-electron chi connectivity index (χ2n) is 5.74. The van der Waals surface area contributed by atoms with E-state index in [2.05, 4.69) is 24.9 Å². The molecule has 0 N–H and O–H groups in total. The maximum Gasteiger partial charge on any atom is 0.254 e. The molecule has 1 saturated heterocycles. The van der Waals surface area contributed by atoms with Gasteiger partial charge in [-0.15, -0.1) is 0 Å². The van der Waals surface area contributed by atoms with Crippen LogP contribution in [0.1, 0.15) is 45.9 Å². The van der Waals surface area contributed by atoms with E-state index in [1.165, 1.54) is 5.56 Å². The van der Waals surface area contributed by atoms with E-state index in [-0.39, 0.29) is 11.9 Å². The molecular formula is C18H20N2O. The Hall–Kier alpha value is -2.16. The fourth-order valence-electron chi connectivity index (χ4n) is 2.97. The van der Waals surface area contributed by atoms with E-state index in [1.807, 2.05) is 35.4 Å². The van der Waals surface area contributed by atoms with Crippen LogP contribution in [0.25, 0.3) is 0 Å². The van der Waals surface area contributed by atoms with Gasteiger partial charge in [-0.3, -0.25) is 9.78 Å². The second-order valence-corrected chi connectivity index (χ2v) is 5.74. The van der Waals surface area contributed by atoms with E-state index in [0.717, 1.165) is 36.1 Å². The summed E-state index contributed by atoms with van der Waals surface area (Å²) < 4.78 is 0. The van der Waals surface area contributed by atoms with Crippen molar-refractivity contribution < 1.29 is 4.79 Å². The highest BCUT2D eigenvalue weighted by atomic mass is 16.2. The standard InChI is InChI=1S/C18H20N2O/c1-13-7-8-15(11-14(13)2)18(21)20-10-4-6-17(20)16-5-3-9-19-12-16/h3,5,7-9,11-12,17H,4,6,10H2,1-2H3. The highest BCUT2D eigenvalue weighted by Crippen LogP contribution is 2.32. The van der Waals surface area contributed by atoms with E-state index in [4.69, 9.17) is 0 Å². The zero-order chi connectivity index (χ0) is 14.8. The minimum absolute atomic E-state index is 0.129. The number of aryl methyl sites for hydroxylation is 2. The van der Waals surface area contributed by atoms with Crippen LogP contribution < -0.4 is 0 Å². The molecule has 0 bridgehead atoms. The number of carbonyl (C=O) groups is 1. The van der Waals surface area contributed by atoms with Crippen molar-refractivity contribution in [3.05, 3.63) is 65.0 Å². The summed E-state index contributed by atoms with van der Waals surface area (Å²) in [5.74, 6) is 0.129. The largest absolute Gasteiger partial charge is 0.332 e. The summed E-state index contributed by atoms with van der Waals surface area (Å²) in [7, 11) is 0. The van der Waals surface area contributed by atoms with Gasteiger partial charge in [0, 0.05) is 24.5 Å². The van der Waals surface area contributed by atoms with Gasteiger partial charge >= 0.3 is 0 Å². The zero-order valence-electron chi connectivity index (χ0n) is 12.5. The lowest BCUT2D eigenvalue weighted by Gasteiger charge is -2.25. The molecule has 1 aliphatic rings. The average Bonchev–Trinajstić information content (AvgIpc) is 2.99. The third kappa shape index (κ3) is 2.68. The third-order valence-corrected chi connectivity index (χ3v) is 4.34. The highest BCUT2D eigenvalue weighted by Gasteiger charge is 2.30. The number of likely N-dealkylation sites (tertiary alicyclic amines) is 1. The Labute approximate surface area is 125 Å². The SMILES string of the molecule is Cc1ccc(C(=O)N2CCCC2c2cccnc2)cc1C. The highest BCUT2D eigenvalue weighted by molar-refractivity contribution is 5.95. The van der Waals surface area contributed by atoms with Crippen LogP contribution in [0.15, 0.2) is 42.7 Å². The maximum absolute atomic E-state index is 12.8. The topological polar surface area (TPSA) is 33.2 Å². The predicted molar refractivity (Wildman–Crippen MR) is 83.2 cm³/mol. The van der Waals surface area contributed by atoms with Crippen molar-refractivity contribution in [2.24, 2.45) is 0 Å². The van der Waals surface area contributed by atoms with E-state index >= 15 is 0 Å². The van der Waals surface area contributed by atoms with Crippen LogP contribution in [-0.2, 0) is 0 Å². The van der Waals surface area contributed by atoms with Gasteiger partial charge in [-0.25, -0.2) is 0 Å². The molecule has 1 aromatic heterocycles. The number of carbonyl (C=O) groups excluding carboxylic acids is 1. The molecular weight excluding hydrogens is 260 g/mol. The summed E-state index contributed by atoms with van der Waals surface area (Å²) in [4.78, 5) is 19.0. The van der Waals surface area contributed by atoms with Gasteiger partial charge in [0.1, 0.15) is 0 Å². The van der Waals surface area contributed by atoms with Gasteiger partial charge in [-0.05, 0) is 61.6 Å². The molecule has 0 radical (unpaired) electrons. The van der Waals surface area contributed by atoms with Crippen LogP contribution in [0.4, 0.5) is 0 Å². The molecule has 1 unspecified atom stereocenters. The van der Waals surface area contributed by atoms with Gasteiger partial charge in [0.15, 0.2) is 0 Å². The van der Waals surface area contributed by atoms with E-state index in [9.17, 15) is 4.79 Å². The number of aromatic nitrogens is 1. The molecule has 3 nitrogen and oxygen atoms in total. The number of nitrogens with zero attached hydrogens (tertiary/aromatic N) is 2. The lowest BCUT2D eigenvalue weighted by atomic mass is 10.0. The van der Waals surface area contributed by atoms with Crippen LogP contribution in [0.2, 0.25) is 0 Å². The first-order valence-corrected chi connectivity index (χ1v) is 7.45. The molecule has 2 aromatic rings. The van der Waals surface area contributed by atoms with Gasteiger partial charge in [-0.2, -0.15) is 0 Å². The fraction of sp³-hybridized carbons (Fsp3) is 0.333. The Morgan fingerprint density at radius 2 is 2.10 bits per heavy atom. The van der Waals surface area contributed by atoms with Crippen LogP contribution in [0, 0.1) is 13.8 Å². The van der Waals surface area contributed by atoms with Gasteiger partial charge in [-0.1, -0.05) is 12.1 Å². The smallest absolute Gasteiger partial charge is 0.254 e. The van der Waals surface area contributed by atoms with E-state index < -0.39 is 0 Å². The number of pyridine rings is 1. The number of rotatable bonds is 2. The molecule has 1 atom stereocenters. The third-order valence-electron chi connectivity index (χ3n) is 4.34. The van der Waals surface area contributed by atoms with Crippen LogP contribution in [0.3, 0.4) is 0 Å². The van der Waals surface area contributed by atoms with E-state index in [0.29, 0.717) is 0 Å². The Balaban J connectivity index is 1.88. The predicted octanol–water partition coefficient (Wildman–Crippen LogP) is 3.68. The summed E-state index contributed by atoms with van der Waals surface area (Å²) in [6.07, 6.45) is 5.71. The lowest BCUT2D eigenvalue weighted by molar-refractivity contribution is 0.0735. The van der Waals surface area contributed by atoms with Crippen molar-refractivity contribution in [3.63, 3.8) is 0 Å². The number of amides is 1. The Kier molecular flexibility index (Phi) is 3.74. The van der Waals surface area contributed by atoms with Crippen molar-refractivity contribution in [3.8, 4) is 0 Å². The first-order valence-electron chi connectivity index (χ1n) is 7.45. The number of hydrogen-bond acceptors (Lipinski definition) is 2. The molecule has 1 aliphatic heterocycles. The Morgan fingerprint density at radius 1 is 1.24 bits per heavy atom. The van der Waals surface area contributed by atoms with Crippen molar-refractivity contribution in [2.75, 3.05) is 6.54 Å². The van der Waals surface area contributed by atoms with Gasteiger partial charge in [0.05, 0.1) is 6.04 Å². The number of benzene rings is 1. The summed E-state index contributed by atoms with van der Waals surface area (Å²) >= 11 is 0. The molecule has 0 aliphatic carbocycles. The number of hydrogen-bond donors (Lipinski definition) is 0. The van der Waals surface area contributed by atoms with Crippen molar-refractivity contribution in [1.29, 1.82) is 0 Å². The van der Waals surface area contributed by atoms with Gasteiger partial charge < -0.3 is 4.90 Å². The average molecular weight is 280 g/mol. The molecule has 2 heterocycles. The monoisotopic (exact) mass is 280 g/mol. The molecule has 3 rings (SSSR count). The Morgan fingerprint density at radius 3 is 2.81 bits per heavy atom. The fourth-order valence-corrected chi connectivity index (χ4v) is 2.97. The van der Waals surface area contributed by atoms with Crippen molar-refractivity contribution in [2.45, 2.75) is 32.7 Å². The van der Waals surface area contributed by atoms with Gasteiger partial charge in [0.25, 0.3) is 5.91 Å². The van der Waals surface area contributed by atoms with Crippen LogP contribution >= 0.6 is 0 Å². The molecule has 108 valence electrons. The molecule has 3 heteroatoms. The molecule has 1 amide bonds. The summed E-state index contributed by atoms with van der Waals surface area (Å²) in [6.45, 7) is 4.94. The van der Waals surface area contributed by atoms with Gasteiger partial charge in [0.2, 0.25) is 0 Å². The zero-order valence-corrected chi connectivity index (χ0v) is 12.5. The maximum atomic E-state index is 12.8. The molecule has 0 saturated carbocycles. The molecule has 0 spiro atoms. The first kappa shape index (κ1) is 13.8. The minimum Gasteiger partial charge on any atom is -0.332 e. The normalized spacial score (nSPS) is 18.0. The van der Waals surface area contributed by atoms with Crippen LogP contribution in [0.5, 0.6) is 0 Å². The molecule has 21 heavy (non-hydrogen) atoms. The quantitative estimate of drug-likeness (QED) is 0.841. The summed E-state index contributed by atoms with van der Waals surface area (Å²) in [5, 5.41) is 0. The van der Waals surface area contributed by atoms with Crippen molar-refractivity contribution >= 4 is 5.91 Å². The van der Waals surface area contributed by atoms with E-state index in [1.54, 1.807) is 6.20 Å². The first-order chi connectivity index (χ1) is 10.2. The lowest BCUT2D eigenvalue weighted by Crippen LogP contribution is -2.30. The minimum atomic E-state index is 0.129. The van der Waals surface area contributed by atoms with Crippen LogP contribution in [-0.4, -0.2) is 22.3 Å². The van der Waals surface area contributed by atoms with Crippen molar-refractivity contribution in [1.82, 2.24) is 9.88 Å².